The Morgan fingerprint density at radius 2 is 2.07 bits per heavy atom. The maximum Gasteiger partial charge on any atom is 0.174 e. The van der Waals surface area contributed by atoms with E-state index in [-0.39, 0.29) is 0 Å². The SMILES string of the molecule is Cc1ccc(Cl)cc1NC(=S)N(Cc1ccco1)C1CCN(C(C)C)CC1. The van der Waals surface area contributed by atoms with Crippen molar-refractivity contribution in [3.63, 3.8) is 0 Å². The number of hydrogen-bond acceptors (Lipinski definition) is 3. The molecule has 27 heavy (non-hydrogen) atoms. The standard InChI is InChI=1S/C21H28ClN3OS/c1-15(2)24-10-8-18(9-11-24)25(14-19-5-4-12-26-19)21(27)23-20-13-17(22)7-6-16(20)3/h4-7,12-13,15,18H,8-11,14H2,1-3H3,(H,23,27). The largest absolute Gasteiger partial charge is 0.467 e. The van der Waals surface area contributed by atoms with Crippen LogP contribution in [0.5, 0.6) is 0 Å². The van der Waals surface area contributed by atoms with Gasteiger partial charge in [-0.25, -0.2) is 0 Å². The summed E-state index contributed by atoms with van der Waals surface area (Å²) >= 11 is 12.0. The molecule has 6 heteroatoms. The highest BCUT2D eigenvalue weighted by Gasteiger charge is 2.28. The average molecular weight is 406 g/mol. The van der Waals surface area contributed by atoms with Gasteiger partial charge in [-0.1, -0.05) is 17.7 Å². The summed E-state index contributed by atoms with van der Waals surface area (Å²) in [5.74, 6) is 0.924. The van der Waals surface area contributed by atoms with E-state index in [4.69, 9.17) is 28.2 Å². The van der Waals surface area contributed by atoms with Crippen LogP contribution in [0.2, 0.25) is 5.02 Å². The summed E-state index contributed by atoms with van der Waals surface area (Å²) in [6.45, 7) is 9.43. The smallest absolute Gasteiger partial charge is 0.174 e. The lowest BCUT2D eigenvalue weighted by Crippen LogP contribution is -2.49. The number of nitrogens with one attached hydrogen (secondary N) is 1. The van der Waals surface area contributed by atoms with Gasteiger partial charge in [0.25, 0.3) is 0 Å². The van der Waals surface area contributed by atoms with Gasteiger partial charge in [-0.2, -0.15) is 0 Å². The van der Waals surface area contributed by atoms with Crippen LogP contribution in [-0.2, 0) is 6.54 Å². The summed E-state index contributed by atoms with van der Waals surface area (Å²) in [5, 5.41) is 4.84. The number of anilines is 1. The van der Waals surface area contributed by atoms with E-state index in [2.05, 4.69) is 35.9 Å². The molecule has 0 atom stereocenters. The topological polar surface area (TPSA) is 31.6 Å². The first kappa shape index (κ1) is 20.2. The van der Waals surface area contributed by atoms with Gasteiger partial charge in [-0.15, -0.1) is 0 Å². The predicted molar refractivity (Wildman–Crippen MR) is 116 cm³/mol. The van der Waals surface area contributed by atoms with Gasteiger partial charge in [0, 0.05) is 35.9 Å². The zero-order chi connectivity index (χ0) is 19.4. The number of hydrogen-bond donors (Lipinski definition) is 1. The van der Waals surface area contributed by atoms with Crippen LogP contribution in [0.3, 0.4) is 0 Å². The van der Waals surface area contributed by atoms with Gasteiger partial charge < -0.3 is 19.5 Å². The first-order valence-electron chi connectivity index (χ1n) is 9.54. The molecule has 0 spiro atoms. The summed E-state index contributed by atoms with van der Waals surface area (Å²) in [6, 6.07) is 10.7. The highest BCUT2D eigenvalue weighted by atomic mass is 35.5. The summed E-state index contributed by atoms with van der Waals surface area (Å²) < 4.78 is 5.60. The Balaban J connectivity index is 1.75. The number of aryl methyl sites for hydroxylation is 1. The fourth-order valence-corrected chi connectivity index (χ4v) is 4.06. The van der Waals surface area contributed by atoms with Crippen molar-refractivity contribution in [2.45, 2.75) is 52.2 Å². The summed E-state index contributed by atoms with van der Waals surface area (Å²) in [7, 11) is 0. The van der Waals surface area contributed by atoms with Crippen LogP contribution in [-0.4, -0.2) is 40.1 Å². The van der Waals surface area contributed by atoms with E-state index in [1.807, 2.05) is 30.3 Å². The molecule has 4 nitrogen and oxygen atoms in total. The number of nitrogens with zero attached hydrogens (tertiary/aromatic N) is 2. The third kappa shape index (κ3) is 5.24. The zero-order valence-corrected chi connectivity index (χ0v) is 17.8. The number of piperidine rings is 1. The van der Waals surface area contributed by atoms with E-state index in [0.29, 0.717) is 23.7 Å². The van der Waals surface area contributed by atoms with Gasteiger partial charge in [0.1, 0.15) is 5.76 Å². The first-order chi connectivity index (χ1) is 12.9. The van der Waals surface area contributed by atoms with Crippen LogP contribution in [0.1, 0.15) is 38.0 Å². The maximum absolute atomic E-state index is 6.17. The number of halogens is 1. The van der Waals surface area contributed by atoms with Crippen molar-refractivity contribution in [1.82, 2.24) is 9.80 Å². The van der Waals surface area contributed by atoms with Crippen molar-refractivity contribution in [3.05, 3.63) is 52.9 Å². The van der Waals surface area contributed by atoms with Crippen LogP contribution in [0, 0.1) is 6.92 Å². The van der Waals surface area contributed by atoms with Gasteiger partial charge in [0.05, 0.1) is 12.8 Å². The van der Waals surface area contributed by atoms with E-state index < -0.39 is 0 Å². The molecule has 0 amide bonds. The molecule has 0 aliphatic carbocycles. The lowest BCUT2D eigenvalue weighted by atomic mass is 10.0. The quantitative estimate of drug-likeness (QED) is 0.681. The number of rotatable bonds is 5. The van der Waals surface area contributed by atoms with Gasteiger partial charge in [-0.05, 0) is 75.7 Å². The van der Waals surface area contributed by atoms with Crippen molar-refractivity contribution < 1.29 is 4.42 Å². The number of furan rings is 1. The highest BCUT2D eigenvalue weighted by Crippen LogP contribution is 2.24. The average Bonchev–Trinajstić information content (AvgIpc) is 3.16. The number of thiocarbonyl (C=S) groups is 1. The van der Waals surface area contributed by atoms with Crippen molar-refractivity contribution in [2.75, 3.05) is 18.4 Å². The molecule has 1 aromatic carbocycles. The molecule has 0 unspecified atom stereocenters. The fourth-order valence-electron chi connectivity index (χ4n) is 3.57. The minimum Gasteiger partial charge on any atom is -0.467 e. The van der Waals surface area contributed by atoms with Gasteiger partial charge in [-0.3, -0.25) is 0 Å². The second kappa shape index (κ2) is 9.09. The Morgan fingerprint density at radius 3 is 2.70 bits per heavy atom. The van der Waals surface area contributed by atoms with Crippen molar-refractivity contribution in [2.24, 2.45) is 0 Å². The van der Waals surface area contributed by atoms with E-state index in [0.717, 1.165) is 48.1 Å². The molecule has 0 bridgehead atoms. The third-order valence-corrected chi connectivity index (χ3v) is 5.85. The molecule has 3 rings (SSSR count). The molecule has 1 N–H and O–H groups in total. The van der Waals surface area contributed by atoms with Crippen LogP contribution in [0.15, 0.2) is 41.0 Å². The Hall–Kier alpha value is -1.56. The van der Waals surface area contributed by atoms with Crippen LogP contribution >= 0.6 is 23.8 Å². The number of benzene rings is 1. The predicted octanol–water partition coefficient (Wildman–Crippen LogP) is 5.31. The Labute approximate surface area is 172 Å². The molecular formula is C21H28ClN3OS. The molecular weight excluding hydrogens is 378 g/mol. The van der Waals surface area contributed by atoms with Crippen LogP contribution < -0.4 is 5.32 Å². The van der Waals surface area contributed by atoms with E-state index in [9.17, 15) is 0 Å². The van der Waals surface area contributed by atoms with E-state index in [1.54, 1.807) is 6.26 Å². The molecule has 1 aliphatic heterocycles. The molecule has 2 aromatic rings. The van der Waals surface area contributed by atoms with Crippen molar-refractivity contribution >= 4 is 34.6 Å². The van der Waals surface area contributed by atoms with Crippen LogP contribution in [0.4, 0.5) is 5.69 Å². The van der Waals surface area contributed by atoms with Crippen molar-refractivity contribution in [1.29, 1.82) is 0 Å². The third-order valence-electron chi connectivity index (χ3n) is 5.28. The van der Waals surface area contributed by atoms with Gasteiger partial charge >= 0.3 is 0 Å². The van der Waals surface area contributed by atoms with E-state index >= 15 is 0 Å². The fraction of sp³-hybridized carbons (Fsp3) is 0.476. The molecule has 0 saturated carbocycles. The zero-order valence-electron chi connectivity index (χ0n) is 16.2. The maximum atomic E-state index is 6.17. The minimum atomic E-state index is 0.393. The van der Waals surface area contributed by atoms with E-state index in [1.165, 1.54) is 0 Å². The monoisotopic (exact) mass is 405 g/mol. The Bertz CT molecular complexity index is 755. The number of likely N-dealkylation sites (tertiary alicyclic amines) is 1. The Morgan fingerprint density at radius 1 is 1.33 bits per heavy atom. The lowest BCUT2D eigenvalue weighted by molar-refractivity contribution is 0.123. The molecule has 1 aliphatic rings. The summed E-state index contributed by atoms with van der Waals surface area (Å²) in [6.07, 6.45) is 3.90. The molecule has 1 aromatic heterocycles. The van der Waals surface area contributed by atoms with Crippen LogP contribution in [0.25, 0.3) is 0 Å². The second-order valence-electron chi connectivity index (χ2n) is 7.46. The molecule has 1 fully saturated rings. The lowest BCUT2D eigenvalue weighted by Gasteiger charge is -2.41. The molecule has 1 saturated heterocycles. The Kier molecular flexibility index (Phi) is 6.79. The van der Waals surface area contributed by atoms with Gasteiger partial charge in [0.15, 0.2) is 5.11 Å². The van der Waals surface area contributed by atoms with Crippen molar-refractivity contribution in [3.8, 4) is 0 Å². The molecule has 0 radical (unpaired) electrons. The molecule has 2 heterocycles. The summed E-state index contributed by atoms with van der Waals surface area (Å²) in [5.41, 5.74) is 2.07. The molecule has 146 valence electrons. The summed E-state index contributed by atoms with van der Waals surface area (Å²) in [4.78, 5) is 4.80. The van der Waals surface area contributed by atoms with Gasteiger partial charge in [0.2, 0.25) is 0 Å². The highest BCUT2D eigenvalue weighted by molar-refractivity contribution is 7.80. The second-order valence-corrected chi connectivity index (χ2v) is 8.28. The minimum absolute atomic E-state index is 0.393. The normalized spacial score (nSPS) is 15.9. The first-order valence-corrected chi connectivity index (χ1v) is 10.3.